The summed E-state index contributed by atoms with van der Waals surface area (Å²) in [5.41, 5.74) is 6.48. The van der Waals surface area contributed by atoms with Crippen LogP contribution in [-0.4, -0.2) is 71.3 Å². The highest BCUT2D eigenvalue weighted by Gasteiger charge is 2.31. The second kappa shape index (κ2) is 16.7. The molecule has 284 valence electrons. The summed E-state index contributed by atoms with van der Waals surface area (Å²) in [6.45, 7) is 5.92. The zero-order chi connectivity index (χ0) is 38.4. The minimum atomic E-state index is -4.76. The molecule has 2 saturated heterocycles. The van der Waals surface area contributed by atoms with Gasteiger partial charge >= 0.3 is 6.36 Å². The lowest BCUT2D eigenvalue weighted by Gasteiger charge is -2.34. The highest BCUT2D eigenvalue weighted by atomic mass is 19.4. The number of nitrogens with zero attached hydrogens (tertiary/aromatic N) is 4. The summed E-state index contributed by atoms with van der Waals surface area (Å²) in [5.74, 6) is 0.421. The lowest BCUT2D eigenvalue weighted by atomic mass is 9.95. The van der Waals surface area contributed by atoms with Crippen molar-refractivity contribution in [1.82, 2.24) is 25.5 Å². The number of carbonyl (C=O) groups is 2. The Morgan fingerprint density at radius 2 is 1.45 bits per heavy atom. The molecule has 55 heavy (non-hydrogen) atoms. The number of hydrogen-bond donors (Lipinski definition) is 2. The summed E-state index contributed by atoms with van der Waals surface area (Å²) in [7, 11) is 0. The van der Waals surface area contributed by atoms with E-state index < -0.39 is 6.36 Å². The van der Waals surface area contributed by atoms with Crippen molar-refractivity contribution >= 4 is 17.6 Å². The minimum Gasteiger partial charge on any atom is -0.406 e. The molecule has 0 aliphatic carbocycles. The van der Waals surface area contributed by atoms with Crippen LogP contribution in [0.4, 0.5) is 19.0 Å². The molecular weight excluding hydrogens is 706 g/mol. The van der Waals surface area contributed by atoms with Gasteiger partial charge in [0, 0.05) is 80.1 Å². The van der Waals surface area contributed by atoms with Crippen LogP contribution < -0.4 is 20.3 Å². The maximum Gasteiger partial charge on any atom is 0.573 e. The number of halogens is 3. The maximum absolute atomic E-state index is 13.3. The van der Waals surface area contributed by atoms with Gasteiger partial charge in [-0.1, -0.05) is 48.5 Å². The van der Waals surface area contributed by atoms with Crippen LogP contribution in [0.5, 0.6) is 5.75 Å². The average molecular weight is 749 g/mol. The largest absolute Gasteiger partial charge is 0.573 e. The zero-order valence-electron chi connectivity index (χ0n) is 30.6. The number of aromatic nitrogens is 2. The lowest BCUT2D eigenvalue weighted by molar-refractivity contribution is -0.274. The van der Waals surface area contributed by atoms with Gasteiger partial charge in [0.05, 0.1) is 0 Å². The molecule has 3 aromatic carbocycles. The van der Waals surface area contributed by atoms with Gasteiger partial charge in [-0.25, -0.2) is 4.98 Å². The number of nitrogens with one attached hydrogen (secondary N) is 2. The maximum atomic E-state index is 13.3. The number of likely N-dealkylation sites (tertiary alicyclic amines) is 1. The van der Waals surface area contributed by atoms with Gasteiger partial charge in [0.2, 0.25) is 0 Å². The molecule has 0 radical (unpaired) electrons. The van der Waals surface area contributed by atoms with Crippen molar-refractivity contribution in [2.24, 2.45) is 0 Å². The lowest BCUT2D eigenvalue weighted by Crippen LogP contribution is -2.45. The molecule has 5 aromatic rings. The van der Waals surface area contributed by atoms with E-state index in [0.29, 0.717) is 16.7 Å². The number of carbonyl (C=O) groups excluding carboxylic acids is 2. The van der Waals surface area contributed by atoms with Gasteiger partial charge in [-0.3, -0.25) is 19.5 Å². The molecule has 0 spiro atoms. The van der Waals surface area contributed by atoms with E-state index >= 15 is 0 Å². The molecule has 2 aliphatic heterocycles. The van der Waals surface area contributed by atoms with Gasteiger partial charge in [-0.15, -0.1) is 13.2 Å². The van der Waals surface area contributed by atoms with E-state index in [9.17, 15) is 22.8 Å². The fourth-order valence-electron chi connectivity index (χ4n) is 7.38. The number of amides is 2. The number of rotatable bonds is 10. The number of benzene rings is 3. The molecule has 2 aromatic heterocycles. The predicted molar refractivity (Wildman–Crippen MR) is 206 cm³/mol. The van der Waals surface area contributed by atoms with Crippen molar-refractivity contribution in [3.63, 3.8) is 0 Å². The molecule has 9 nitrogen and oxygen atoms in total. The third kappa shape index (κ3) is 9.68. The average Bonchev–Trinajstić information content (AvgIpc) is 3.19. The second-order valence-electron chi connectivity index (χ2n) is 14.2. The van der Waals surface area contributed by atoms with Crippen LogP contribution >= 0.6 is 0 Å². The van der Waals surface area contributed by atoms with E-state index in [1.807, 2.05) is 55.6 Å². The molecule has 12 heteroatoms. The fourth-order valence-corrected chi connectivity index (χ4v) is 7.38. The monoisotopic (exact) mass is 748 g/mol. The molecular formula is C43H43F3N6O3. The van der Waals surface area contributed by atoms with E-state index in [-0.39, 0.29) is 29.6 Å². The van der Waals surface area contributed by atoms with E-state index in [4.69, 9.17) is 4.98 Å². The summed E-state index contributed by atoms with van der Waals surface area (Å²) in [5, 5.41) is 6.41. The van der Waals surface area contributed by atoms with Crippen LogP contribution in [0.25, 0.3) is 22.3 Å². The highest BCUT2D eigenvalue weighted by Crippen LogP contribution is 2.30. The summed E-state index contributed by atoms with van der Waals surface area (Å²) in [6, 6.07) is 26.9. The summed E-state index contributed by atoms with van der Waals surface area (Å²) < 4.78 is 41.7. The van der Waals surface area contributed by atoms with Crippen LogP contribution in [0, 0.1) is 6.92 Å². The number of alkyl halides is 3. The Hall–Kier alpha value is -5.75. The zero-order valence-corrected chi connectivity index (χ0v) is 30.6. The van der Waals surface area contributed by atoms with E-state index in [1.54, 1.807) is 36.7 Å². The third-order valence-electron chi connectivity index (χ3n) is 10.4. The molecule has 0 bridgehead atoms. The summed E-state index contributed by atoms with van der Waals surface area (Å²) in [4.78, 5) is 40.0. The van der Waals surface area contributed by atoms with Crippen LogP contribution in [0.3, 0.4) is 0 Å². The van der Waals surface area contributed by atoms with Crippen LogP contribution in [0.15, 0.2) is 110 Å². The first-order valence-electron chi connectivity index (χ1n) is 18.6. The Balaban J connectivity index is 0.848. The Labute approximate surface area is 318 Å². The van der Waals surface area contributed by atoms with Crippen molar-refractivity contribution in [3.05, 3.63) is 132 Å². The van der Waals surface area contributed by atoms with Crippen LogP contribution in [0.1, 0.15) is 57.5 Å². The Morgan fingerprint density at radius 1 is 0.764 bits per heavy atom. The molecule has 0 saturated carbocycles. The number of pyridine rings is 2. The molecule has 2 N–H and O–H groups in total. The van der Waals surface area contributed by atoms with E-state index in [1.165, 1.54) is 12.1 Å². The molecule has 4 heterocycles. The fraction of sp³-hybridized carbons (Fsp3) is 0.302. The molecule has 0 atom stereocenters. The molecule has 0 unspecified atom stereocenters. The Kier molecular flexibility index (Phi) is 11.4. The van der Waals surface area contributed by atoms with Gasteiger partial charge < -0.3 is 20.3 Å². The van der Waals surface area contributed by atoms with Crippen molar-refractivity contribution in [2.45, 2.75) is 57.6 Å². The second-order valence-corrected chi connectivity index (χ2v) is 14.2. The van der Waals surface area contributed by atoms with Gasteiger partial charge in [0.25, 0.3) is 11.8 Å². The number of piperidine rings is 2. The van der Waals surface area contributed by atoms with Gasteiger partial charge in [-0.05, 0) is 103 Å². The first-order valence-corrected chi connectivity index (χ1v) is 18.6. The standard InChI is InChI=1S/C43H43F3N6O3/c1-29-38(31-11-13-37(14-12-31)55-43(44,45)46)8-3-9-39(29)42(54)50-35-16-21-51(22-17-35)28-30-10-15-40(48-26-30)52-23-18-36(19-24-52)49-41(53)33-6-2-5-32(25-33)34-7-4-20-47-27-34/h2-15,20,25-27,35-36H,16-19,21-24,28H2,1H3,(H,49,53)(H,50,54). The van der Waals surface area contributed by atoms with Crippen molar-refractivity contribution in [3.8, 4) is 28.0 Å². The van der Waals surface area contributed by atoms with Crippen LogP contribution in [0.2, 0.25) is 0 Å². The van der Waals surface area contributed by atoms with Crippen molar-refractivity contribution in [2.75, 3.05) is 31.1 Å². The minimum absolute atomic E-state index is 0.0378. The highest BCUT2D eigenvalue weighted by molar-refractivity contribution is 5.98. The first-order chi connectivity index (χ1) is 26.6. The Bertz CT molecular complexity index is 2080. The van der Waals surface area contributed by atoms with Crippen molar-refractivity contribution < 1.29 is 27.5 Å². The molecule has 7 rings (SSSR count). The summed E-state index contributed by atoms with van der Waals surface area (Å²) in [6.07, 6.45) is 4.03. The Morgan fingerprint density at radius 3 is 2.13 bits per heavy atom. The van der Waals surface area contributed by atoms with Gasteiger partial charge in [0.15, 0.2) is 0 Å². The SMILES string of the molecule is Cc1c(C(=O)NC2CCN(Cc3ccc(N4CCC(NC(=O)c5cccc(-c6cccnc6)c5)CC4)nc3)CC2)cccc1-c1ccc(OC(F)(F)F)cc1. The normalized spacial score (nSPS) is 15.7. The van der Waals surface area contributed by atoms with E-state index in [0.717, 1.165) is 92.0 Å². The quantitative estimate of drug-likeness (QED) is 0.150. The smallest absolute Gasteiger partial charge is 0.406 e. The number of ether oxygens (including phenoxy) is 1. The van der Waals surface area contributed by atoms with Gasteiger partial charge in [0.1, 0.15) is 11.6 Å². The summed E-state index contributed by atoms with van der Waals surface area (Å²) >= 11 is 0. The number of anilines is 1. The van der Waals surface area contributed by atoms with E-state index in [2.05, 4.69) is 42.3 Å². The van der Waals surface area contributed by atoms with Crippen molar-refractivity contribution in [1.29, 1.82) is 0 Å². The topological polar surface area (TPSA) is 99.7 Å². The molecule has 2 fully saturated rings. The third-order valence-corrected chi connectivity index (χ3v) is 10.4. The first kappa shape index (κ1) is 37.6. The number of hydrogen-bond acceptors (Lipinski definition) is 7. The van der Waals surface area contributed by atoms with Gasteiger partial charge in [-0.2, -0.15) is 0 Å². The predicted octanol–water partition coefficient (Wildman–Crippen LogP) is 7.81. The molecule has 2 aliphatic rings. The molecule has 2 amide bonds. The van der Waals surface area contributed by atoms with Crippen LogP contribution in [-0.2, 0) is 6.54 Å².